The lowest BCUT2D eigenvalue weighted by Gasteiger charge is -2.10. The van der Waals surface area contributed by atoms with Gasteiger partial charge in [0.25, 0.3) is 0 Å². The summed E-state index contributed by atoms with van der Waals surface area (Å²) in [6.45, 7) is 0. The number of fused-ring (bicyclic) bond motifs is 1. The second kappa shape index (κ2) is 5.47. The van der Waals surface area contributed by atoms with E-state index < -0.39 is 11.9 Å². The molecule has 3 aromatic rings. The van der Waals surface area contributed by atoms with Gasteiger partial charge in [0.2, 0.25) is 0 Å². The van der Waals surface area contributed by atoms with Crippen LogP contribution in [0.3, 0.4) is 0 Å². The molecule has 5 heteroatoms. The predicted octanol–water partition coefficient (Wildman–Crippen LogP) is 3.64. The van der Waals surface area contributed by atoms with Crippen LogP contribution in [0.1, 0.15) is 17.4 Å². The lowest BCUT2D eigenvalue weighted by molar-refractivity contribution is 0.177. The van der Waals surface area contributed by atoms with Crippen molar-refractivity contribution in [3.05, 3.63) is 64.6 Å². The van der Waals surface area contributed by atoms with Gasteiger partial charge in [0.05, 0.1) is 22.3 Å². The van der Waals surface area contributed by atoms with Crippen LogP contribution in [0.25, 0.3) is 10.9 Å². The molecule has 0 saturated carbocycles. The molecular formula is C16H14ClFN2O. The Labute approximate surface area is 126 Å². The molecule has 1 unspecified atom stereocenters. The van der Waals surface area contributed by atoms with Crippen LogP contribution in [0.15, 0.2) is 42.5 Å². The molecule has 0 radical (unpaired) electrons. The van der Waals surface area contributed by atoms with Crippen molar-refractivity contribution in [3.8, 4) is 0 Å². The number of hydrogen-bond acceptors (Lipinski definition) is 2. The monoisotopic (exact) mass is 304 g/mol. The highest BCUT2D eigenvalue weighted by atomic mass is 35.5. The van der Waals surface area contributed by atoms with Crippen molar-refractivity contribution in [3.63, 3.8) is 0 Å². The van der Waals surface area contributed by atoms with Crippen molar-refractivity contribution < 1.29 is 9.50 Å². The van der Waals surface area contributed by atoms with Crippen molar-refractivity contribution >= 4 is 22.5 Å². The zero-order valence-corrected chi connectivity index (χ0v) is 12.2. The van der Waals surface area contributed by atoms with Gasteiger partial charge in [0.1, 0.15) is 5.82 Å². The van der Waals surface area contributed by atoms with Crippen molar-refractivity contribution in [2.24, 2.45) is 7.05 Å². The summed E-state index contributed by atoms with van der Waals surface area (Å²) in [5, 5.41) is 15.8. The van der Waals surface area contributed by atoms with Gasteiger partial charge in [0.15, 0.2) is 0 Å². The Morgan fingerprint density at radius 3 is 2.81 bits per heavy atom. The Kier molecular flexibility index (Phi) is 3.66. The summed E-state index contributed by atoms with van der Waals surface area (Å²) in [4.78, 5) is 0. The van der Waals surface area contributed by atoms with Crippen molar-refractivity contribution in [1.29, 1.82) is 0 Å². The first kappa shape index (κ1) is 14.0. The van der Waals surface area contributed by atoms with E-state index in [-0.39, 0.29) is 5.02 Å². The second-order valence-electron chi connectivity index (χ2n) is 4.98. The molecule has 0 aliphatic carbocycles. The van der Waals surface area contributed by atoms with Crippen molar-refractivity contribution in [2.45, 2.75) is 12.5 Å². The van der Waals surface area contributed by atoms with Crippen LogP contribution in [-0.2, 0) is 13.5 Å². The summed E-state index contributed by atoms with van der Waals surface area (Å²) in [6.07, 6.45) is -0.502. The lowest BCUT2D eigenvalue weighted by atomic mass is 10.0. The fraction of sp³-hybridized carbons (Fsp3) is 0.188. The lowest BCUT2D eigenvalue weighted by Crippen LogP contribution is -2.04. The van der Waals surface area contributed by atoms with E-state index in [1.807, 2.05) is 31.3 Å². The number of aryl methyl sites for hydroxylation is 1. The summed E-state index contributed by atoms with van der Waals surface area (Å²) < 4.78 is 15.3. The predicted molar refractivity (Wildman–Crippen MR) is 80.8 cm³/mol. The van der Waals surface area contributed by atoms with Gasteiger partial charge in [0, 0.05) is 18.9 Å². The molecule has 3 rings (SSSR count). The number of halogens is 2. The average Bonchev–Trinajstić information content (AvgIpc) is 2.79. The molecule has 3 nitrogen and oxygen atoms in total. The van der Waals surface area contributed by atoms with E-state index in [0.717, 1.165) is 16.6 Å². The molecule has 0 amide bonds. The summed E-state index contributed by atoms with van der Waals surface area (Å²) in [6, 6.07) is 12.2. The number of para-hydroxylation sites is 1. The fourth-order valence-electron chi connectivity index (χ4n) is 2.46. The van der Waals surface area contributed by atoms with Gasteiger partial charge in [-0.2, -0.15) is 5.10 Å². The van der Waals surface area contributed by atoms with E-state index in [9.17, 15) is 9.50 Å². The summed E-state index contributed by atoms with van der Waals surface area (Å²) in [5.74, 6) is -0.529. The first-order chi connectivity index (χ1) is 10.1. The minimum Gasteiger partial charge on any atom is -0.388 e. The van der Waals surface area contributed by atoms with Crippen LogP contribution >= 0.6 is 11.6 Å². The number of aliphatic hydroxyl groups excluding tert-OH is 1. The molecule has 0 saturated heterocycles. The number of benzene rings is 2. The summed E-state index contributed by atoms with van der Waals surface area (Å²) >= 11 is 5.65. The van der Waals surface area contributed by atoms with Gasteiger partial charge in [-0.3, -0.25) is 4.68 Å². The minimum absolute atomic E-state index is 0.0502. The highest BCUT2D eigenvalue weighted by molar-refractivity contribution is 6.30. The molecular weight excluding hydrogens is 291 g/mol. The maximum Gasteiger partial charge on any atom is 0.142 e. The quantitative estimate of drug-likeness (QED) is 0.802. The first-order valence-electron chi connectivity index (χ1n) is 6.60. The summed E-state index contributed by atoms with van der Waals surface area (Å²) in [7, 11) is 1.86. The zero-order chi connectivity index (χ0) is 15.0. The molecule has 0 fully saturated rings. The van der Waals surface area contributed by atoms with Crippen LogP contribution in [0, 0.1) is 5.82 Å². The number of rotatable bonds is 3. The molecule has 0 aliphatic heterocycles. The average molecular weight is 305 g/mol. The van der Waals surface area contributed by atoms with Gasteiger partial charge in [-0.1, -0.05) is 35.9 Å². The molecule has 0 aliphatic rings. The molecule has 1 N–H and O–H groups in total. The van der Waals surface area contributed by atoms with E-state index >= 15 is 0 Å². The first-order valence-corrected chi connectivity index (χ1v) is 6.97. The maximum absolute atomic E-state index is 13.5. The van der Waals surface area contributed by atoms with Crippen LogP contribution in [-0.4, -0.2) is 14.9 Å². The molecule has 108 valence electrons. The Morgan fingerprint density at radius 2 is 2.05 bits per heavy atom. The van der Waals surface area contributed by atoms with Gasteiger partial charge < -0.3 is 5.11 Å². The van der Waals surface area contributed by atoms with Crippen LogP contribution in [0.4, 0.5) is 4.39 Å². The van der Waals surface area contributed by atoms with E-state index in [2.05, 4.69) is 5.10 Å². The summed E-state index contributed by atoms with van der Waals surface area (Å²) in [5.41, 5.74) is 2.28. The molecule has 1 heterocycles. The van der Waals surface area contributed by atoms with E-state index in [0.29, 0.717) is 12.0 Å². The van der Waals surface area contributed by atoms with E-state index in [1.54, 1.807) is 10.7 Å². The highest BCUT2D eigenvalue weighted by Crippen LogP contribution is 2.25. The molecule has 1 aromatic heterocycles. The van der Waals surface area contributed by atoms with E-state index in [4.69, 9.17) is 11.6 Å². The maximum atomic E-state index is 13.5. The SMILES string of the molecule is Cn1nc(CC(O)c2ccc(Cl)c(F)c2)c2ccccc21. The number of aliphatic hydroxyl groups is 1. The minimum atomic E-state index is -0.824. The Balaban J connectivity index is 1.92. The van der Waals surface area contributed by atoms with Crippen molar-refractivity contribution in [2.75, 3.05) is 0 Å². The van der Waals surface area contributed by atoms with Gasteiger partial charge in [-0.05, 0) is 23.8 Å². The fourth-order valence-corrected chi connectivity index (χ4v) is 2.58. The van der Waals surface area contributed by atoms with Crippen molar-refractivity contribution in [1.82, 2.24) is 9.78 Å². The van der Waals surface area contributed by atoms with Crippen LogP contribution < -0.4 is 0 Å². The third kappa shape index (κ3) is 2.64. The zero-order valence-electron chi connectivity index (χ0n) is 11.4. The largest absolute Gasteiger partial charge is 0.388 e. The molecule has 0 bridgehead atoms. The highest BCUT2D eigenvalue weighted by Gasteiger charge is 2.15. The smallest absolute Gasteiger partial charge is 0.142 e. The number of aromatic nitrogens is 2. The second-order valence-corrected chi connectivity index (χ2v) is 5.39. The Hall–Kier alpha value is -1.91. The molecule has 2 aromatic carbocycles. The standard InChI is InChI=1S/C16H14ClFN2O/c1-20-15-5-3-2-4-11(15)14(19-20)9-16(21)10-6-7-12(17)13(18)8-10/h2-8,16,21H,9H2,1H3. The van der Waals surface area contributed by atoms with Crippen LogP contribution in [0.5, 0.6) is 0 Å². The number of nitrogens with zero attached hydrogens (tertiary/aromatic N) is 2. The van der Waals surface area contributed by atoms with E-state index in [1.165, 1.54) is 12.1 Å². The third-order valence-electron chi connectivity index (χ3n) is 3.55. The van der Waals surface area contributed by atoms with Gasteiger partial charge in [-0.15, -0.1) is 0 Å². The van der Waals surface area contributed by atoms with Gasteiger partial charge in [-0.25, -0.2) is 4.39 Å². The third-order valence-corrected chi connectivity index (χ3v) is 3.86. The van der Waals surface area contributed by atoms with Crippen LogP contribution in [0.2, 0.25) is 5.02 Å². The topological polar surface area (TPSA) is 38.0 Å². The Morgan fingerprint density at radius 1 is 1.29 bits per heavy atom. The molecule has 21 heavy (non-hydrogen) atoms. The normalized spacial score (nSPS) is 12.8. The number of hydrogen-bond donors (Lipinski definition) is 1. The molecule has 1 atom stereocenters. The Bertz CT molecular complexity index is 800. The molecule has 0 spiro atoms. The van der Waals surface area contributed by atoms with Gasteiger partial charge >= 0.3 is 0 Å².